The largest absolute Gasteiger partial charge is 0.391 e. The Labute approximate surface area is 130 Å². The molecule has 0 aromatic heterocycles. The van der Waals surface area contributed by atoms with E-state index in [1.165, 1.54) is 12.8 Å². The molecule has 3 aliphatic rings. The summed E-state index contributed by atoms with van der Waals surface area (Å²) in [6.07, 6.45) is 6.77. The van der Waals surface area contributed by atoms with Crippen LogP contribution in [0.3, 0.4) is 0 Å². The SMILES string of the molecule is Fc1ccc(C(C2=CN(C3CC3)NO2)C2CCNCC2)cc1. The van der Waals surface area contributed by atoms with Crippen LogP contribution in [0.5, 0.6) is 0 Å². The van der Waals surface area contributed by atoms with Gasteiger partial charge in [0, 0.05) is 12.0 Å². The molecule has 22 heavy (non-hydrogen) atoms. The van der Waals surface area contributed by atoms with E-state index in [0.29, 0.717) is 12.0 Å². The van der Waals surface area contributed by atoms with Crippen LogP contribution in [0.2, 0.25) is 0 Å². The number of rotatable bonds is 4. The standard InChI is InChI=1S/C17H22FN3O/c18-14-3-1-12(2-4-14)17(13-7-9-19-10-8-13)16-11-21(20-22-16)15-5-6-15/h1-4,11,13,15,17,19-20H,5-10H2. The van der Waals surface area contributed by atoms with Crippen LogP contribution in [-0.4, -0.2) is 24.1 Å². The highest BCUT2D eigenvalue weighted by atomic mass is 19.1. The summed E-state index contributed by atoms with van der Waals surface area (Å²) in [5.74, 6) is 1.50. The van der Waals surface area contributed by atoms with E-state index in [2.05, 4.69) is 22.1 Å². The van der Waals surface area contributed by atoms with Crippen molar-refractivity contribution >= 4 is 0 Å². The molecule has 4 nitrogen and oxygen atoms in total. The van der Waals surface area contributed by atoms with Gasteiger partial charge in [0.1, 0.15) is 5.82 Å². The normalized spacial score (nSPS) is 24.0. The molecule has 2 N–H and O–H groups in total. The van der Waals surface area contributed by atoms with Crippen LogP contribution < -0.4 is 10.9 Å². The van der Waals surface area contributed by atoms with Gasteiger partial charge in [-0.15, -0.1) is 0 Å². The summed E-state index contributed by atoms with van der Waals surface area (Å²) in [6, 6.07) is 7.45. The molecule has 0 radical (unpaired) electrons. The molecule has 0 amide bonds. The quantitative estimate of drug-likeness (QED) is 0.896. The number of halogens is 1. The zero-order valence-electron chi connectivity index (χ0n) is 12.6. The fourth-order valence-electron chi connectivity index (χ4n) is 3.49. The number of allylic oxidation sites excluding steroid dienone is 1. The average molecular weight is 303 g/mol. The van der Waals surface area contributed by atoms with Crippen molar-refractivity contribution in [2.24, 2.45) is 5.92 Å². The molecule has 1 atom stereocenters. The predicted octanol–water partition coefficient (Wildman–Crippen LogP) is 2.66. The van der Waals surface area contributed by atoms with Gasteiger partial charge in [-0.25, -0.2) is 4.39 Å². The van der Waals surface area contributed by atoms with Crippen LogP contribution in [0, 0.1) is 11.7 Å². The fourth-order valence-corrected chi connectivity index (χ4v) is 3.49. The predicted molar refractivity (Wildman–Crippen MR) is 81.9 cm³/mol. The third kappa shape index (κ3) is 2.83. The Kier molecular flexibility index (Phi) is 3.76. The van der Waals surface area contributed by atoms with E-state index >= 15 is 0 Å². The van der Waals surface area contributed by atoms with Crippen molar-refractivity contribution in [2.45, 2.75) is 37.6 Å². The molecule has 1 saturated carbocycles. The van der Waals surface area contributed by atoms with Crippen molar-refractivity contribution in [3.05, 3.63) is 47.6 Å². The minimum Gasteiger partial charge on any atom is -0.391 e. The highest BCUT2D eigenvalue weighted by molar-refractivity contribution is 5.29. The van der Waals surface area contributed by atoms with Crippen LogP contribution in [0.1, 0.15) is 37.2 Å². The molecule has 5 heteroatoms. The van der Waals surface area contributed by atoms with Gasteiger partial charge in [0.05, 0.1) is 6.20 Å². The Hall–Kier alpha value is -1.59. The summed E-state index contributed by atoms with van der Waals surface area (Å²) in [5, 5.41) is 5.49. The molecular formula is C17H22FN3O. The summed E-state index contributed by atoms with van der Waals surface area (Å²) in [6.45, 7) is 2.07. The first-order valence-corrected chi connectivity index (χ1v) is 8.20. The summed E-state index contributed by atoms with van der Waals surface area (Å²) < 4.78 is 13.3. The van der Waals surface area contributed by atoms with Gasteiger partial charge in [0.25, 0.3) is 0 Å². The van der Waals surface area contributed by atoms with Gasteiger partial charge in [-0.1, -0.05) is 17.7 Å². The molecule has 2 heterocycles. The zero-order chi connectivity index (χ0) is 14.9. The van der Waals surface area contributed by atoms with Gasteiger partial charge >= 0.3 is 0 Å². The summed E-state index contributed by atoms with van der Waals surface area (Å²) >= 11 is 0. The second kappa shape index (κ2) is 5.89. The maximum atomic E-state index is 13.3. The van der Waals surface area contributed by atoms with E-state index in [1.54, 1.807) is 12.1 Å². The average Bonchev–Trinajstić information content (AvgIpc) is 3.30. The number of hydrogen-bond donors (Lipinski definition) is 2. The number of hydrogen-bond acceptors (Lipinski definition) is 4. The lowest BCUT2D eigenvalue weighted by molar-refractivity contribution is 0.00772. The maximum absolute atomic E-state index is 13.3. The molecule has 4 rings (SSSR count). The van der Waals surface area contributed by atoms with Crippen LogP contribution in [0.25, 0.3) is 0 Å². The Morgan fingerprint density at radius 2 is 1.82 bits per heavy atom. The van der Waals surface area contributed by atoms with Crippen molar-refractivity contribution in [1.29, 1.82) is 0 Å². The van der Waals surface area contributed by atoms with Crippen molar-refractivity contribution in [3.8, 4) is 0 Å². The van der Waals surface area contributed by atoms with Crippen molar-refractivity contribution in [1.82, 2.24) is 15.9 Å². The first kappa shape index (κ1) is 14.0. The van der Waals surface area contributed by atoms with Gasteiger partial charge in [-0.05, 0) is 62.4 Å². The molecule has 118 valence electrons. The van der Waals surface area contributed by atoms with Crippen LogP contribution in [-0.2, 0) is 4.84 Å². The van der Waals surface area contributed by atoms with Gasteiger partial charge in [0.15, 0.2) is 5.76 Å². The molecule has 0 spiro atoms. The number of nitrogens with one attached hydrogen (secondary N) is 2. The smallest absolute Gasteiger partial charge is 0.151 e. The highest BCUT2D eigenvalue weighted by Gasteiger charge is 2.36. The van der Waals surface area contributed by atoms with Gasteiger partial charge in [-0.2, -0.15) is 0 Å². The highest BCUT2D eigenvalue weighted by Crippen LogP contribution is 2.40. The zero-order valence-corrected chi connectivity index (χ0v) is 12.6. The van der Waals surface area contributed by atoms with E-state index in [-0.39, 0.29) is 11.7 Å². The summed E-state index contributed by atoms with van der Waals surface area (Å²) in [4.78, 5) is 5.79. The summed E-state index contributed by atoms with van der Waals surface area (Å²) in [5.41, 5.74) is 4.16. The second-order valence-corrected chi connectivity index (χ2v) is 6.48. The monoisotopic (exact) mass is 303 g/mol. The van der Waals surface area contributed by atoms with Crippen molar-refractivity contribution < 1.29 is 9.23 Å². The fraction of sp³-hybridized carbons (Fsp3) is 0.529. The first-order valence-electron chi connectivity index (χ1n) is 8.20. The first-order chi connectivity index (χ1) is 10.8. The van der Waals surface area contributed by atoms with Crippen molar-refractivity contribution in [3.63, 3.8) is 0 Å². The van der Waals surface area contributed by atoms with E-state index < -0.39 is 0 Å². The lowest BCUT2D eigenvalue weighted by Crippen LogP contribution is -2.32. The van der Waals surface area contributed by atoms with Gasteiger partial charge in [0.2, 0.25) is 0 Å². The number of piperidine rings is 1. The Bertz CT molecular complexity index is 550. The Balaban J connectivity index is 1.62. The number of nitrogens with zero attached hydrogens (tertiary/aromatic N) is 1. The van der Waals surface area contributed by atoms with Gasteiger partial charge < -0.3 is 10.2 Å². The van der Waals surface area contributed by atoms with E-state index in [1.807, 2.05) is 12.1 Å². The third-order valence-electron chi connectivity index (χ3n) is 4.87. The number of benzene rings is 1. The van der Waals surface area contributed by atoms with Crippen LogP contribution in [0.15, 0.2) is 36.2 Å². The minimum atomic E-state index is -0.188. The second-order valence-electron chi connectivity index (χ2n) is 6.48. The lowest BCUT2D eigenvalue weighted by Gasteiger charge is -2.30. The van der Waals surface area contributed by atoms with Gasteiger partial charge in [-0.3, -0.25) is 5.01 Å². The molecule has 1 aromatic carbocycles. The summed E-state index contributed by atoms with van der Waals surface area (Å²) in [7, 11) is 0. The van der Waals surface area contributed by atoms with E-state index in [4.69, 9.17) is 4.84 Å². The van der Waals surface area contributed by atoms with Crippen LogP contribution >= 0.6 is 0 Å². The van der Waals surface area contributed by atoms with Crippen molar-refractivity contribution in [2.75, 3.05) is 13.1 Å². The molecule has 1 unspecified atom stereocenters. The minimum absolute atomic E-state index is 0.188. The molecule has 2 fully saturated rings. The number of hydrazine groups is 1. The van der Waals surface area contributed by atoms with Crippen LogP contribution in [0.4, 0.5) is 4.39 Å². The van der Waals surface area contributed by atoms with E-state index in [9.17, 15) is 4.39 Å². The molecule has 1 saturated heterocycles. The molecule has 0 bridgehead atoms. The third-order valence-corrected chi connectivity index (χ3v) is 4.87. The molecule has 2 aliphatic heterocycles. The molecular weight excluding hydrogens is 281 g/mol. The maximum Gasteiger partial charge on any atom is 0.151 e. The Morgan fingerprint density at radius 3 is 2.50 bits per heavy atom. The van der Waals surface area contributed by atoms with E-state index in [0.717, 1.165) is 37.3 Å². The topological polar surface area (TPSA) is 36.5 Å². The Morgan fingerprint density at radius 1 is 1.09 bits per heavy atom. The molecule has 1 aromatic rings. The lowest BCUT2D eigenvalue weighted by atomic mass is 9.79. The molecule has 1 aliphatic carbocycles.